The van der Waals surface area contributed by atoms with Crippen molar-refractivity contribution in [2.45, 2.75) is 18.6 Å². The molecule has 0 aliphatic carbocycles. The van der Waals surface area contributed by atoms with Gasteiger partial charge < -0.3 is 15.7 Å². The number of halogens is 1. The molecular weight excluding hydrogens is 441 g/mol. The summed E-state index contributed by atoms with van der Waals surface area (Å²) in [5, 5.41) is 24.9. The van der Waals surface area contributed by atoms with E-state index >= 15 is 0 Å². The van der Waals surface area contributed by atoms with Gasteiger partial charge in [0.1, 0.15) is 11.6 Å². The first-order chi connectivity index (χ1) is 16.0. The predicted molar refractivity (Wildman–Crippen MR) is 127 cm³/mol. The molecule has 3 N–H and O–H groups in total. The number of aromatic hydroxyl groups is 1. The fraction of sp³-hybridized carbons (Fsp3) is 0.125. The van der Waals surface area contributed by atoms with E-state index in [4.69, 9.17) is 0 Å². The lowest BCUT2D eigenvalue weighted by molar-refractivity contribution is -0.113. The van der Waals surface area contributed by atoms with Crippen LogP contribution in [0.25, 0.3) is 5.69 Å². The maximum Gasteiger partial charge on any atom is 0.234 e. The van der Waals surface area contributed by atoms with Gasteiger partial charge in [-0.1, -0.05) is 41.6 Å². The first-order valence-corrected chi connectivity index (χ1v) is 11.2. The second kappa shape index (κ2) is 10.2. The summed E-state index contributed by atoms with van der Waals surface area (Å²) in [4.78, 5) is 12.4. The fourth-order valence-electron chi connectivity index (χ4n) is 3.11. The Morgan fingerprint density at radius 1 is 1.03 bits per heavy atom. The number of phenolic OH excluding ortho intramolecular Hbond substituents is 1. The van der Waals surface area contributed by atoms with Crippen molar-refractivity contribution in [3.8, 4) is 11.4 Å². The molecule has 0 spiro atoms. The lowest BCUT2D eigenvalue weighted by Crippen LogP contribution is -2.15. The van der Waals surface area contributed by atoms with Crippen LogP contribution < -0.4 is 10.6 Å². The molecule has 0 aliphatic heterocycles. The van der Waals surface area contributed by atoms with Gasteiger partial charge in [-0.25, -0.2) is 4.39 Å². The summed E-state index contributed by atoms with van der Waals surface area (Å²) in [6.45, 7) is 2.36. The van der Waals surface area contributed by atoms with Crippen LogP contribution in [0.2, 0.25) is 0 Å². The normalized spacial score (nSPS) is 10.7. The van der Waals surface area contributed by atoms with E-state index in [1.807, 2.05) is 35.8 Å². The number of carbonyl (C=O) groups is 1. The number of nitrogens with zero attached hydrogens (tertiary/aromatic N) is 3. The number of hydrogen-bond acceptors (Lipinski definition) is 6. The van der Waals surface area contributed by atoms with Crippen LogP contribution in [0, 0.1) is 12.7 Å². The van der Waals surface area contributed by atoms with Gasteiger partial charge in [-0.15, -0.1) is 10.2 Å². The minimum atomic E-state index is -0.302. The number of aromatic nitrogens is 3. The molecule has 0 saturated carbocycles. The molecule has 4 aromatic rings. The summed E-state index contributed by atoms with van der Waals surface area (Å²) < 4.78 is 15.1. The van der Waals surface area contributed by atoms with Gasteiger partial charge in [0.15, 0.2) is 11.0 Å². The van der Waals surface area contributed by atoms with E-state index in [9.17, 15) is 14.3 Å². The van der Waals surface area contributed by atoms with Crippen molar-refractivity contribution < 1.29 is 14.3 Å². The maximum atomic E-state index is 13.2. The Bertz CT molecular complexity index is 1240. The summed E-state index contributed by atoms with van der Waals surface area (Å²) in [5.41, 5.74) is 3.09. The van der Waals surface area contributed by atoms with E-state index in [2.05, 4.69) is 20.8 Å². The monoisotopic (exact) mass is 463 g/mol. The van der Waals surface area contributed by atoms with Crippen LogP contribution in [0.5, 0.6) is 5.75 Å². The first kappa shape index (κ1) is 22.3. The molecule has 0 bridgehead atoms. The number of para-hydroxylation sites is 2. The van der Waals surface area contributed by atoms with Crippen molar-refractivity contribution in [2.75, 3.05) is 16.4 Å². The Labute approximate surface area is 194 Å². The van der Waals surface area contributed by atoms with Gasteiger partial charge in [0.05, 0.1) is 18.0 Å². The van der Waals surface area contributed by atoms with E-state index in [-0.39, 0.29) is 23.2 Å². The summed E-state index contributed by atoms with van der Waals surface area (Å²) in [6.07, 6.45) is 0. The van der Waals surface area contributed by atoms with E-state index in [1.54, 1.807) is 30.3 Å². The fourth-order valence-corrected chi connectivity index (χ4v) is 3.88. The smallest absolute Gasteiger partial charge is 0.234 e. The zero-order valence-electron chi connectivity index (χ0n) is 17.8. The molecule has 0 atom stereocenters. The standard InChI is InChI=1S/C24H22FN5O2S/c1-16-6-12-19(13-7-16)30-22(14-26-18-10-8-17(25)9-11-18)28-29-24(30)33-15-23(32)27-20-4-2-3-5-21(20)31/h2-13,26,31H,14-15H2,1H3,(H,27,32). The third kappa shape index (κ3) is 5.69. The van der Waals surface area contributed by atoms with Gasteiger partial charge >= 0.3 is 0 Å². The molecule has 7 nitrogen and oxygen atoms in total. The van der Waals surface area contributed by atoms with Crippen LogP contribution in [-0.2, 0) is 11.3 Å². The molecule has 0 unspecified atom stereocenters. The lowest BCUT2D eigenvalue weighted by atomic mass is 10.2. The largest absolute Gasteiger partial charge is 0.506 e. The zero-order valence-corrected chi connectivity index (χ0v) is 18.6. The maximum absolute atomic E-state index is 13.2. The van der Waals surface area contributed by atoms with E-state index in [1.165, 1.54) is 30.0 Å². The molecule has 3 aromatic carbocycles. The molecule has 1 amide bonds. The number of aryl methyl sites for hydroxylation is 1. The number of nitrogens with one attached hydrogen (secondary N) is 2. The van der Waals surface area contributed by atoms with Crippen molar-refractivity contribution in [3.63, 3.8) is 0 Å². The highest BCUT2D eigenvalue weighted by molar-refractivity contribution is 7.99. The van der Waals surface area contributed by atoms with Crippen molar-refractivity contribution in [1.29, 1.82) is 0 Å². The molecule has 0 radical (unpaired) electrons. The molecule has 1 aromatic heterocycles. The molecular formula is C24H22FN5O2S. The van der Waals surface area contributed by atoms with E-state index in [0.717, 1.165) is 16.9 Å². The average Bonchev–Trinajstić information content (AvgIpc) is 3.22. The number of hydrogen-bond donors (Lipinski definition) is 3. The molecule has 33 heavy (non-hydrogen) atoms. The summed E-state index contributed by atoms with van der Waals surface area (Å²) >= 11 is 1.24. The summed E-state index contributed by atoms with van der Waals surface area (Å²) in [5.74, 6) is 0.165. The second-order valence-electron chi connectivity index (χ2n) is 7.28. The zero-order chi connectivity index (χ0) is 23.2. The van der Waals surface area contributed by atoms with E-state index < -0.39 is 0 Å². The Hall–Kier alpha value is -3.85. The molecule has 0 aliphatic rings. The molecule has 0 fully saturated rings. The molecule has 4 rings (SSSR count). The van der Waals surface area contributed by atoms with Gasteiger partial charge in [0, 0.05) is 11.4 Å². The first-order valence-electron chi connectivity index (χ1n) is 10.2. The minimum Gasteiger partial charge on any atom is -0.506 e. The van der Waals surface area contributed by atoms with Gasteiger partial charge in [0.25, 0.3) is 0 Å². The van der Waals surface area contributed by atoms with Crippen LogP contribution in [0.15, 0.2) is 78.0 Å². The number of anilines is 2. The summed E-state index contributed by atoms with van der Waals surface area (Å²) in [7, 11) is 0. The van der Waals surface area contributed by atoms with Gasteiger partial charge in [-0.05, 0) is 55.5 Å². The Kier molecular flexibility index (Phi) is 6.89. The van der Waals surface area contributed by atoms with Gasteiger partial charge in [-0.3, -0.25) is 9.36 Å². The minimum absolute atomic E-state index is 0.00725. The Morgan fingerprint density at radius 2 is 1.76 bits per heavy atom. The van der Waals surface area contributed by atoms with E-state index in [0.29, 0.717) is 23.2 Å². The topological polar surface area (TPSA) is 92.1 Å². The SMILES string of the molecule is Cc1ccc(-n2c(CNc3ccc(F)cc3)nnc2SCC(=O)Nc2ccccc2O)cc1. The average molecular weight is 464 g/mol. The number of benzene rings is 3. The highest BCUT2D eigenvalue weighted by Crippen LogP contribution is 2.25. The summed E-state index contributed by atoms with van der Waals surface area (Å²) in [6, 6.07) is 20.6. The van der Waals surface area contributed by atoms with Crippen molar-refractivity contribution in [1.82, 2.24) is 14.8 Å². The van der Waals surface area contributed by atoms with Crippen LogP contribution in [0.3, 0.4) is 0 Å². The third-order valence-electron chi connectivity index (χ3n) is 4.80. The van der Waals surface area contributed by atoms with Crippen LogP contribution in [0.1, 0.15) is 11.4 Å². The Balaban J connectivity index is 1.51. The number of carbonyl (C=O) groups excluding carboxylic acids is 1. The number of thioether (sulfide) groups is 1. The number of rotatable bonds is 8. The van der Waals surface area contributed by atoms with Crippen LogP contribution in [-0.4, -0.2) is 31.5 Å². The van der Waals surface area contributed by atoms with Crippen molar-refractivity contribution in [3.05, 3.63) is 90.0 Å². The highest BCUT2D eigenvalue weighted by Gasteiger charge is 2.16. The molecule has 1 heterocycles. The van der Waals surface area contributed by atoms with Gasteiger partial charge in [0.2, 0.25) is 5.91 Å². The highest BCUT2D eigenvalue weighted by atomic mass is 32.2. The molecule has 9 heteroatoms. The molecule has 168 valence electrons. The quantitative estimate of drug-likeness (QED) is 0.258. The number of amides is 1. The lowest BCUT2D eigenvalue weighted by Gasteiger charge is -2.12. The molecule has 0 saturated heterocycles. The predicted octanol–water partition coefficient (Wildman–Crippen LogP) is 4.76. The van der Waals surface area contributed by atoms with Crippen LogP contribution in [0.4, 0.5) is 15.8 Å². The number of phenols is 1. The third-order valence-corrected chi connectivity index (χ3v) is 5.73. The van der Waals surface area contributed by atoms with Crippen molar-refractivity contribution in [2.24, 2.45) is 0 Å². The van der Waals surface area contributed by atoms with Crippen molar-refractivity contribution >= 4 is 29.0 Å². The van der Waals surface area contributed by atoms with Crippen LogP contribution >= 0.6 is 11.8 Å². The van der Waals surface area contributed by atoms with Gasteiger partial charge in [-0.2, -0.15) is 0 Å². The Morgan fingerprint density at radius 3 is 2.48 bits per heavy atom. The second-order valence-corrected chi connectivity index (χ2v) is 8.23.